The van der Waals surface area contributed by atoms with Crippen LogP contribution in [-0.4, -0.2) is 41.9 Å². The predicted molar refractivity (Wildman–Crippen MR) is 80.2 cm³/mol. The molecule has 1 aliphatic rings. The van der Waals surface area contributed by atoms with E-state index in [2.05, 4.69) is 18.8 Å². The number of nitrogens with two attached hydrogens (primary N) is 1. The number of halogens is 1. The third kappa shape index (κ3) is 3.72. The molecule has 0 radical (unpaired) electrons. The summed E-state index contributed by atoms with van der Waals surface area (Å²) in [5, 5.41) is 0.144. The van der Waals surface area contributed by atoms with E-state index >= 15 is 0 Å². The van der Waals surface area contributed by atoms with Crippen molar-refractivity contribution in [2.75, 3.05) is 19.6 Å². The molecule has 1 unspecified atom stereocenters. The maximum Gasteiger partial charge on any atom is 0.262 e. The summed E-state index contributed by atoms with van der Waals surface area (Å²) in [6.45, 7) is 6.53. The number of aromatic nitrogens is 2. The molecule has 1 saturated heterocycles. The zero-order chi connectivity index (χ0) is 14.0. The molecule has 1 aromatic heterocycles. The Kier molecular flexibility index (Phi) is 6.00. The van der Waals surface area contributed by atoms with E-state index in [0.29, 0.717) is 25.6 Å². The molecule has 2 heterocycles. The smallest absolute Gasteiger partial charge is 0.262 e. The van der Waals surface area contributed by atoms with E-state index in [0.717, 1.165) is 13.0 Å². The van der Waals surface area contributed by atoms with Crippen LogP contribution in [0.3, 0.4) is 0 Å². The Hall–Kier alpha value is -0.630. The molecule has 0 saturated carbocycles. The molecular weight excluding hydrogens is 300 g/mol. The maximum absolute atomic E-state index is 12.4. The summed E-state index contributed by atoms with van der Waals surface area (Å²) >= 11 is 0. The monoisotopic (exact) mass is 322 g/mol. The highest BCUT2D eigenvalue weighted by atomic mass is 35.5. The topological polar surface area (TPSA) is 81.2 Å². The van der Waals surface area contributed by atoms with Gasteiger partial charge in [0, 0.05) is 25.8 Å². The number of rotatable bonds is 5. The lowest BCUT2D eigenvalue weighted by Crippen LogP contribution is -2.30. The van der Waals surface area contributed by atoms with Crippen LogP contribution in [0.2, 0.25) is 0 Å². The normalized spacial score (nSPS) is 20.3. The highest BCUT2D eigenvalue weighted by Gasteiger charge is 2.33. The molecule has 1 fully saturated rings. The highest BCUT2D eigenvalue weighted by Crippen LogP contribution is 2.22. The van der Waals surface area contributed by atoms with Gasteiger partial charge in [0.05, 0.1) is 6.33 Å². The first-order valence-electron chi connectivity index (χ1n) is 6.65. The molecular formula is C12H23ClN4O2S. The standard InChI is InChI=1S/C12H22N4O2S.ClH/c1-10(2)6-15-8-12(14-9-15)19(17,18)16-4-3-11(5-13)7-16;/h8-11H,3-7,13H2,1-2H3;1H. The minimum atomic E-state index is -3.45. The predicted octanol–water partition coefficient (Wildman–Crippen LogP) is 0.930. The molecule has 2 rings (SSSR count). The van der Waals surface area contributed by atoms with Crippen molar-refractivity contribution in [2.45, 2.75) is 31.8 Å². The van der Waals surface area contributed by atoms with Gasteiger partial charge in [-0.05, 0) is 24.8 Å². The van der Waals surface area contributed by atoms with Crippen molar-refractivity contribution >= 4 is 22.4 Å². The highest BCUT2D eigenvalue weighted by molar-refractivity contribution is 7.89. The van der Waals surface area contributed by atoms with Crippen molar-refractivity contribution in [3.8, 4) is 0 Å². The SMILES string of the molecule is CC(C)Cn1cnc(S(=O)(=O)N2CCC(CN)C2)c1.Cl. The summed E-state index contributed by atoms with van der Waals surface area (Å²) in [7, 11) is -3.45. The van der Waals surface area contributed by atoms with Crippen LogP contribution in [0.5, 0.6) is 0 Å². The first-order valence-corrected chi connectivity index (χ1v) is 8.09. The van der Waals surface area contributed by atoms with Crippen LogP contribution >= 0.6 is 12.4 Å². The Morgan fingerprint density at radius 1 is 1.50 bits per heavy atom. The largest absolute Gasteiger partial charge is 0.336 e. The molecule has 6 nitrogen and oxygen atoms in total. The van der Waals surface area contributed by atoms with Gasteiger partial charge in [0.15, 0.2) is 5.03 Å². The van der Waals surface area contributed by atoms with Gasteiger partial charge >= 0.3 is 0 Å². The molecule has 0 aromatic carbocycles. The number of sulfonamides is 1. The van der Waals surface area contributed by atoms with Crippen LogP contribution < -0.4 is 5.73 Å². The molecule has 1 aliphatic heterocycles. The third-order valence-corrected chi connectivity index (χ3v) is 5.12. The Labute approximate surface area is 126 Å². The average molecular weight is 323 g/mol. The summed E-state index contributed by atoms with van der Waals surface area (Å²) < 4.78 is 28.1. The summed E-state index contributed by atoms with van der Waals surface area (Å²) in [5.41, 5.74) is 5.60. The van der Waals surface area contributed by atoms with E-state index in [1.807, 2.05) is 4.57 Å². The van der Waals surface area contributed by atoms with Crippen molar-refractivity contribution in [3.63, 3.8) is 0 Å². The number of hydrogen-bond acceptors (Lipinski definition) is 4. The fourth-order valence-corrected chi connectivity index (χ4v) is 3.80. The molecule has 0 aliphatic carbocycles. The van der Waals surface area contributed by atoms with Gasteiger partial charge in [-0.15, -0.1) is 12.4 Å². The third-order valence-electron chi connectivity index (χ3n) is 3.37. The summed E-state index contributed by atoms with van der Waals surface area (Å²) in [6, 6.07) is 0. The second-order valence-electron chi connectivity index (χ2n) is 5.56. The fourth-order valence-electron chi connectivity index (χ4n) is 2.33. The van der Waals surface area contributed by atoms with Gasteiger partial charge in [-0.3, -0.25) is 0 Å². The van der Waals surface area contributed by atoms with Crippen molar-refractivity contribution in [1.29, 1.82) is 0 Å². The maximum atomic E-state index is 12.4. The van der Waals surface area contributed by atoms with Gasteiger partial charge in [-0.1, -0.05) is 13.8 Å². The Morgan fingerprint density at radius 2 is 2.20 bits per heavy atom. The Morgan fingerprint density at radius 3 is 2.75 bits per heavy atom. The quantitative estimate of drug-likeness (QED) is 0.874. The molecule has 0 bridgehead atoms. The molecule has 116 valence electrons. The summed E-state index contributed by atoms with van der Waals surface area (Å²) in [6.07, 6.45) is 4.04. The molecule has 0 spiro atoms. The second-order valence-corrected chi connectivity index (χ2v) is 7.44. The summed E-state index contributed by atoms with van der Waals surface area (Å²) in [5.74, 6) is 0.727. The van der Waals surface area contributed by atoms with E-state index in [1.165, 1.54) is 4.31 Å². The first kappa shape index (κ1) is 17.4. The minimum absolute atomic E-state index is 0. The van der Waals surface area contributed by atoms with Gasteiger partial charge in [0.1, 0.15) is 0 Å². The number of hydrogen-bond donors (Lipinski definition) is 1. The molecule has 2 N–H and O–H groups in total. The molecule has 20 heavy (non-hydrogen) atoms. The first-order chi connectivity index (χ1) is 8.93. The van der Waals surface area contributed by atoms with Crippen molar-refractivity contribution in [3.05, 3.63) is 12.5 Å². The molecule has 1 aromatic rings. The van der Waals surface area contributed by atoms with E-state index in [9.17, 15) is 8.42 Å². The van der Waals surface area contributed by atoms with Crippen LogP contribution in [0, 0.1) is 11.8 Å². The van der Waals surface area contributed by atoms with Crippen LogP contribution in [-0.2, 0) is 16.6 Å². The van der Waals surface area contributed by atoms with Crippen LogP contribution in [0.15, 0.2) is 17.6 Å². The number of imidazole rings is 1. The summed E-state index contributed by atoms with van der Waals surface area (Å²) in [4.78, 5) is 4.04. The van der Waals surface area contributed by atoms with Crippen LogP contribution in [0.25, 0.3) is 0 Å². The van der Waals surface area contributed by atoms with Crippen LogP contribution in [0.4, 0.5) is 0 Å². The van der Waals surface area contributed by atoms with Crippen molar-refractivity contribution in [2.24, 2.45) is 17.6 Å². The zero-order valence-electron chi connectivity index (χ0n) is 11.9. The number of nitrogens with zero attached hydrogens (tertiary/aromatic N) is 3. The molecule has 1 atom stereocenters. The van der Waals surface area contributed by atoms with E-state index in [4.69, 9.17) is 5.73 Å². The Bertz CT molecular complexity index is 529. The van der Waals surface area contributed by atoms with Crippen LogP contribution in [0.1, 0.15) is 20.3 Å². The second kappa shape index (κ2) is 6.89. The van der Waals surface area contributed by atoms with E-state index < -0.39 is 10.0 Å². The molecule has 8 heteroatoms. The van der Waals surface area contributed by atoms with Gasteiger partial charge < -0.3 is 10.3 Å². The van der Waals surface area contributed by atoms with Gasteiger partial charge in [-0.2, -0.15) is 4.31 Å². The lowest BCUT2D eigenvalue weighted by atomic mass is 10.1. The Balaban J connectivity index is 0.00000200. The zero-order valence-corrected chi connectivity index (χ0v) is 13.5. The van der Waals surface area contributed by atoms with Gasteiger partial charge in [-0.25, -0.2) is 13.4 Å². The lowest BCUT2D eigenvalue weighted by molar-refractivity contribution is 0.456. The fraction of sp³-hybridized carbons (Fsp3) is 0.750. The van der Waals surface area contributed by atoms with Crippen molar-refractivity contribution < 1.29 is 8.42 Å². The van der Waals surface area contributed by atoms with E-state index in [1.54, 1.807) is 12.5 Å². The average Bonchev–Trinajstić information content (AvgIpc) is 2.96. The van der Waals surface area contributed by atoms with Gasteiger partial charge in [0.2, 0.25) is 0 Å². The van der Waals surface area contributed by atoms with E-state index in [-0.39, 0.29) is 23.4 Å². The molecule has 0 amide bonds. The minimum Gasteiger partial charge on any atom is -0.336 e. The van der Waals surface area contributed by atoms with Crippen molar-refractivity contribution in [1.82, 2.24) is 13.9 Å². The lowest BCUT2D eigenvalue weighted by Gasteiger charge is -2.14. The van der Waals surface area contributed by atoms with Gasteiger partial charge in [0.25, 0.3) is 10.0 Å².